The van der Waals surface area contributed by atoms with E-state index in [0.717, 1.165) is 12.5 Å². The van der Waals surface area contributed by atoms with Crippen molar-refractivity contribution in [1.29, 1.82) is 0 Å². The molecule has 1 aromatic rings. The van der Waals surface area contributed by atoms with E-state index in [4.69, 9.17) is 4.42 Å². The Hall–Kier alpha value is -1.37. The molecule has 94 valence electrons. The molecule has 0 saturated carbocycles. The summed E-state index contributed by atoms with van der Waals surface area (Å²) in [6.45, 7) is 3.81. The Morgan fingerprint density at radius 2 is 2.29 bits per heavy atom. The van der Waals surface area contributed by atoms with Gasteiger partial charge < -0.3 is 9.73 Å². The van der Waals surface area contributed by atoms with Crippen molar-refractivity contribution >= 4 is 27.7 Å². The number of nitro groups is 1. The van der Waals surface area contributed by atoms with Crippen LogP contribution >= 0.6 is 15.9 Å². The van der Waals surface area contributed by atoms with E-state index in [2.05, 4.69) is 21.2 Å². The Balaban J connectivity index is 2.79. The third-order valence-electron chi connectivity index (χ3n) is 2.49. The van der Waals surface area contributed by atoms with Crippen LogP contribution in [0.25, 0.3) is 0 Å². The molecule has 1 amide bonds. The molecule has 0 saturated heterocycles. The third kappa shape index (κ3) is 3.29. The van der Waals surface area contributed by atoms with Crippen LogP contribution in [0.2, 0.25) is 0 Å². The van der Waals surface area contributed by atoms with Gasteiger partial charge in [-0.2, -0.15) is 0 Å². The molecular formula is C10H13BrN2O4. The summed E-state index contributed by atoms with van der Waals surface area (Å²) in [4.78, 5) is 21.5. The summed E-state index contributed by atoms with van der Waals surface area (Å²) in [7, 11) is 0. The number of hydrogen-bond donors (Lipinski definition) is 1. The summed E-state index contributed by atoms with van der Waals surface area (Å²) in [5.41, 5.74) is -0.404. The number of carbonyl (C=O) groups is 1. The minimum atomic E-state index is -0.680. The summed E-state index contributed by atoms with van der Waals surface area (Å²) < 4.78 is 4.82. The Morgan fingerprint density at radius 1 is 1.65 bits per heavy atom. The molecule has 0 spiro atoms. The molecule has 1 N–H and O–H groups in total. The maximum atomic E-state index is 11.8. The SMILES string of the molecule is CCC(C)(CBr)NC(=O)c1ccc([N+](=O)[O-])o1. The van der Waals surface area contributed by atoms with Crippen LogP contribution in [-0.4, -0.2) is 21.7 Å². The van der Waals surface area contributed by atoms with Crippen molar-refractivity contribution < 1.29 is 14.1 Å². The van der Waals surface area contributed by atoms with Crippen LogP contribution < -0.4 is 5.32 Å². The first-order valence-electron chi connectivity index (χ1n) is 5.04. The van der Waals surface area contributed by atoms with Crippen molar-refractivity contribution in [1.82, 2.24) is 5.32 Å². The highest BCUT2D eigenvalue weighted by Crippen LogP contribution is 2.18. The normalized spacial score (nSPS) is 14.1. The van der Waals surface area contributed by atoms with Crippen LogP contribution in [0.4, 0.5) is 5.88 Å². The molecule has 17 heavy (non-hydrogen) atoms. The lowest BCUT2D eigenvalue weighted by Gasteiger charge is -2.26. The van der Waals surface area contributed by atoms with Gasteiger partial charge in [0.2, 0.25) is 0 Å². The van der Waals surface area contributed by atoms with Gasteiger partial charge in [0.15, 0.2) is 5.76 Å². The number of furan rings is 1. The van der Waals surface area contributed by atoms with E-state index in [0.29, 0.717) is 5.33 Å². The number of hydrogen-bond acceptors (Lipinski definition) is 4. The second-order valence-electron chi connectivity index (χ2n) is 3.90. The molecule has 0 radical (unpaired) electrons. The lowest BCUT2D eigenvalue weighted by molar-refractivity contribution is -0.402. The molecule has 0 aliphatic heterocycles. The van der Waals surface area contributed by atoms with Gasteiger partial charge in [-0.3, -0.25) is 14.9 Å². The molecule has 6 nitrogen and oxygen atoms in total. The molecule has 7 heteroatoms. The second-order valence-corrected chi connectivity index (χ2v) is 4.46. The van der Waals surface area contributed by atoms with E-state index in [9.17, 15) is 14.9 Å². The van der Waals surface area contributed by atoms with Gasteiger partial charge in [-0.15, -0.1) is 0 Å². The van der Waals surface area contributed by atoms with Crippen molar-refractivity contribution in [2.75, 3.05) is 5.33 Å². The van der Waals surface area contributed by atoms with E-state index in [1.165, 1.54) is 6.07 Å². The van der Waals surface area contributed by atoms with Crippen molar-refractivity contribution in [3.8, 4) is 0 Å². The van der Waals surface area contributed by atoms with Crippen LogP contribution in [0, 0.1) is 10.1 Å². The molecule has 0 fully saturated rings. The van der Waals surface area contributed by atoms with E-state index >= 15 is 0 Å². The van der Waals surface area contributed by atoms with Gasteiger partial charge in [-0.1, -0.05) is 22.9 Å². The zero-order valence-corrected chi connectivity index (χ0v) is 11.1. The number of carbonyl (C=O) groups excluding carboxylic acids is 1. The number of amides is 1. The zero-order valence-electron chi connectivity index (χ0n) is 9.53. The Labute approximate surface area is 107 Å². The Bertz CT molecular complexity index is 426. The lowest BCUT2D eigenvalue weighted by atomic mass is 10.0. The topological polar surface area (TPSA) is 85.4 Å². The minimum Gasteiger partial charge on any atom is -0.395 e. The monoisotopic (exact) mass is 304 g/mol. The second kappa shape index (κ2) is 5.31. The van der Waals surface area contributed by atoms with Crippen molar-refractivity contribution in [3.05, 3.63) is 28.0 Å². The zero-order chi connectivity index (χ0) is 13.1. The molecule has 0 aliphatic rings. The van der Waals surface area contributed by atoms with Crippen LogP contribution in [0.15, 0.2) is 16.5 Å². The summed E-state index contributed by atoms with van der Waals surface area (Å²) in [6, 6.07) is 2.45. The van der Waals surface area contributed by atoms with Crippen molar-refractivity contribution in [3.63, 3.8) is 0 Å². The number of nitrogens with one attached hydrogen (secondary N) is 1. The van der Waals surface area contributed by atoms with Crippen LogP contribution in [0.5, 0.6) is 0 Å². The average Bonchev–Trinajstić information content (AvgIpc) is 2.78. The predicted molar refractivity (Wildman–Crippen MR) is 65.3 cm³/mol. The highest BCUT2D eigenvalue weighted by atomic mass is 79.9. The molecule has 1 aromatic heterocycles. The summed E-state index contributed by atoms with van der Waals surface area (Å²) in [5, 5.41) is 13.8. The van der Waals surface area contributed by atoms with Crippen molar-refractivity contribution in [2.24, 2.45) is 0 Å². The van der Waals surface area contributed by atoms with E-state index < -0.39 is 22.3 Å². The maximum absolute atomic E-state index is 11.8. The molecular weight excluding hydrogens is 292 g/mol. The van der Waals surface area contributed by atoms with Gasteiger partial charge >= 0.3 is 5.88 Å². The summed E-state index contributed by atoms with van der Waals surface area (Å²) >= 11 is 3.31. The van der Waals surface area contributed by atoms with Gasteiger partial charge in [0, 0.05) is 10.9 Å². The van der Waals surface area contributed by atoms with E-state index in [1.54, 1.807) is 0 Å². The number of halogens is 1. The third-order valence-corrected chi connectivity index (χ3v) is 3.72. The van der Waals surface area contributed by atoms with Gasteiger partial charge in [0.25, 0.3) is 5.91 Å². The van der Waals surface area contributed by atoms with Crippen LogP contribution in [0.3, 0.4) is 0 Å². The largest absolute Gasteiger partial charge is 0.433 e. The van der Waals surface area contributed by atoms with Gasteiger partial charge in [-0.05, 0) is 19.4 Å². The van der Waals surface area contributed by atoms with Crippen molar-refractivity contribution in [2.45, 2.75) is 25.8 Å². The predicted octanol–water partition coefficient (Wildman–Crippen LogP) is 2.48. The number of alkyl halides is 1. The van der Waals surface area contributed by atoms with Crippen LogP contribution in [0.1, 0.15) is 30.8 Å². The first kappa shape index (κ1) is 13.7. The number of rotatable bonds is 5. The van der Waals surface area contributed by atoms with Gasteiger partial charge in [0.1, 0.15) is 4.92 Å². The minimum absolute atomic E-state index is 0.0580. The molecule has 0 bridgehead atoms. The lowest BCUT2D eigenvalue weighted by Crippen LogP contribution is -2.46. The fourth-order valence-corrected chi connectivity index (χ4v) is 1.64. The fourth-order valence-electron chi connectivity index (χ4n) is 1.10. The molecule has 0 aromatic carbocycles. The maximum Gasteiger partial charge on any atom is 0.433 e. The highest BCUT2D eigenvalue weighted by molar-refractivity contribution is 9.09. The first-order chi connectivity index (χ1) is 7.91. The molecule has 1 atom stereocenters. The summed E-state index contributed by atoms with van der Waals surface area (Å²) in [6.07, 6.45) is 0.729. The summed E-state index contributed by atoms with van der Waals surface area (Å²) in [5.74, 6) is -0.952. The highest BCUT2D eigenvalue weighted by Gasteiger charge is 2.26. The standard InChI is InChI=1S/C10H13BrN2O4/c1-3-10(2,6-11)12-9(14)7-4-5-8(17-7)13(15)16/h4-5H,3,6H2,1-2H3,(H,12,14). The first-order valence-corrected chi connectivity index (χ1v) is 6.16. The molecule has 0 aliphatic carbocycles. The van der Waals surface area contributed by atoms with E-state index in [-0.39, 0.29) is 5.76 Å². The smallest absolute Gasteiger partial charge is 0.395 e. The van der Waals surface area contributed by atoms with Crippen LogP contribution in [-0.2, 0) is 0 Å². The quantitative estimate of drug-likeness (QED) is 0.514. The average molecular weight is 305 g/mol. The van der Waals surface area contributed by atoms with E-state index in [1.807, 2.05) is 13.8 Å². The fraction of sp³-hybridized carbons (Fsp3) is 0.500. The van der Waals surface area contributed by atoms with Gasteiger partial charge in [-0.25, -0.2) is 0 Å². The Kier molecular flexibility index (Phi) is 4.28. The molecule has 1 rings (SSSR count). The molecule has 1 heterocycles. The molecule has 1 unspecified atom stereocenters. The van der Waals surface area contributed by atoms with Gasteiger partial charge in [0.05, 0.1) is 6.07 Å². The Morgan fingerprint density at radius 3 is 2.71 bits per heavy atom. The number of nitrogens with zero attached hydrogens (tertiary/aromatic N) is 1.